The normalized spacial score (nSPS) is 20.1. The molecule has 0 aromatic carbocycles. The first kappa shape index (κ1) is 9.47. The van der Waals surface area contributed by atoms with E-state index in [0.717, 1.165) is 19.4 Å². The Morgan fingerprint density at radius 3 is 2.79 bits per heavy atom. The van der Waals surface area contributed by atoms with E-state index in [9.17, 15) is 0 Å². The second-order valence-electron chi connectivity index (χ2n) is 4.14. The van der Waals surface area contributed by atoms with E-state index in [0.29, 0.717) is 0 Å². The molecular weight excluding hydrogens is 170 g/mol. The Kier molecular flexibility index (Phi) is 2.69. The van der Waals surface area contributed by atoms with Crippen molar-refractivity contribution >= 4 is 0 Å². The molecule has 0 unspecified atom stereocenters. The van der Waals surface area contributed by atoms with Crippen LogP contribution >= 0.6 is 0 Å². The number of allylic oxidation sites excluding steroid dienone is 6. The zero-order chi connectivity index (χ0) is 9.97. The number of hydrogen-bond acceptors (Lipinski definition) is 1. The summed E-state index contributed by atoms with van der Waals surface area (Å²) in [5.41, 5.74) is 4.45. The monoisotopic (exact) mass is 187 g/mol. The molecule has 1 heteroatoms. The highest BCUT2D eigenvalue weighted by atomic mass is 15.0. The zero-order valence-electron chi connectivity index (χ0n) is 8.96. The van der Waals surface area contributed by atoms with E-state index in [-0.39, 0.29) is 0 Å². The van der Waals surface area contributed by atoms with Crippen LogP contribution in [0.5, 0.6) is 0 Å². The van der Waals surface area contributed by atoms with E-state index >= 15 is 0 Å². The number of likely N-dealkylation sites (N-methyl/N-ethyl adjacent to an activating group) is 1. The predicted octanol–water partition coefficient (Wildman–Crippen LogP) is 2.69. The highest BCUT2D eigenvalue weighted by Gasteiger charge is 2.14. The van der Waals surface area contributed by atoms with E-state index in [4.69, 9.17) is 0 Å². The number of hydrogen-bond donors (Lipinski definition) is 0. The summed E-state index contributed by atoms with van der Waals surface area (Å²) >= 11 is 0. The van der Waals surface area contributed by atoms with Crippen molar-refractivity contribution in [3.05, 3.63) is 47.1 Å². The van der Waals surface area contributed by atoms with Gasteiger partial charge in [-0.15, -0.1) is 0 Å². The van der Waals surface area contributed by atoms with Gasteiger partial charge in [0.1, 0.15) is 0 Å². The minimum atomic E-state index is 1.06. The quantitative estimate of drug-likeness (QED) is 0.656. The van der Waals surface area contributed by atoms with Crippen molar-refractivity contribution in [2.75, 3.05) is 20.6 Å². The van der Waals surface area contributed by atoms with Crippen molar-refractivity contribution in [2.45, 2.75) is 12.8 Å². The van der Waals surface area contributed by atoms with Gasteiger partial charge in [-0.2, -0.15) is 0 Å². The molecule has 0 atom stereocenters. The third kappa shape index (κ3) is 1.88. The lowest BCUT2D eigenvalue weighted by molar-refractivity contribution is 0.447. The third-order valence-electron chi connectivity index (χ3n) is 2.64. The molecule has 74 valence electrons. The fraction of sp³-hybridized carbons (Fsp3) is 0.385. The first-order valence-electron chi connectivity index (χ1n) is 5.18. The van der Waals surface area contributed by atoms with E-state index < -0.39 is 0 Å². The van der Waals surface area contributed by atoms with Crippen LogP contribution in [0, 0.1) is 0 Å². The minimum absolute atomic E-state index is 1.06. The van der Waals surface area contributed by atoms with Crippen LogP contribution in [0.25, 0.3) is 0 Å². The van der Waals surface area contributed by atoms with Crippen molar-refractivity contribution in [3.8, 4) is 0 Å². The molecule has 0 N–H and O–H groups in total. The molecule has 0 aliphatic heterocycles. The smallest absolute Gasteiger partial charge is 0.0230 e. The van der Waals surface area contributed by atoms with Gasteiger partial charge in [0.25, 0.3) is 0 Å². The van der Waals surface area contributed by atoms with E-state index in [1.165, 1.54) is 16.7 Å². The molecule has 2 aliphatic carbocycles. The standard InChI is InChI=1S/C13H17N/c1-14(2)10-12-8-5-9-13(12)11-6-3-4-7-11/h3-4,6,8-9H,5,7,10H2,1-2H3. The van der Waals surface area contributed by atoms with Gasteiger partial charge in [0.15, 0.2) is 0 Å². The molecule has 0 fully saturated rings. The molecule has 0 bridgehead atoms. The summed E-state index contributed by atoms with van der Waals surface area (Å²) in [5.74, 6) is 0. The molecule has 0 heterocycles. The molecule has 0 radical (unpaired) electrons. The maximum Gasteiger partial charge on any atom is 0.0230 e. The van der Waals surface area contributed by atoms with Gasteiger partial charge in [0, 0.05) is 6.54 Å². The molecule has 0 amide bonds. The molecule has 0 spiro atoms. The van der Waals surface area contributed by atoms with Gasteiger partial charge in [-0.1, -0.05) is 30.4 Å². The van der Waals surface area contributed by atoms with E-state index in [1.807, 2.05) is 0 Å². The summed E-state index contributed by atoms with van der Waals surface area (Å²) in [6, 6.07) is 0. The largest absolute Gasteiger partial charge is 0.305 e. The molecule has 2 aliphatic rings. The Morgan fingerprint density at radius 1 is 1.29 bits per heavy atom. The molecule has 0 saturated carbocycles. The van der Waals surface area contributed by atoms with Crippen LogP contribution < -0.4 is 0 Å². The molecule has 0 aromatic heterocycles. The van der Waals surface area contributed by atoms with Crippen LogP contribution in [0.4, 0.5) is 0 Å². The highest BCUT2D eigenvalue weighted by molar-refractivity contribution is 5.54. The Hall–Kier alpha value is -1.08. The van der Waals surface area contributed by atoms with Crippen LogP contribution in [0.2, 0.25) is 0 Å². The summed E-state index contributed by atoms with van der Waals surface area (Å²) < 4.78 is 0. The number of nitrogens with zero attached hydrogens (tertiary/aromatic N) is 1. The van der Waals surface area contributed by atoms with E-state index in [2.05, 4.69) is 49.4 Å². The van der Waals surface area contributed by atoms with Gasteiger partial charge in [-0.25, -0.2) is 0 Å². The topological polar surface area (TPSA) is 3.24 Å². The van der Waals surface area contributed by atoms with Gasteiger partial charge in [0.2, 0.25) is 0 Å². The summed E-state index contributed by atoms with van der Waals surface area (Å²) in [4.78, 5) is 2.23. The van der Waals surface area contributed by atoms with Crippen LogP contribution in [0.3, 0.4) is 0 Å². The fourth-order valence-corrected chi connectivity index (χ4v) is 2.03. The van der Waals surface area contributed by atoms with Crippen LogP contribution in [-0.2, 0) is 0 Å². The summed E-state index contributed by atoms with van der Waals surface area (Å²) in [6.07, 6.45) is 13.5. The van der Waals surface area contributed by atoms with Gasteiger partial charge >= 0.3 is 0 Å². The van der Waals surface area contributed by atoms with Crippen molar-refractivity contribution < 1.29 is 0 Å². The summed E-state index contributed by atoms with van der Waals surface area (Å²) in [7, 11) is 4.25. The summed E-state index contributed by atoms with van der Waals surface area (Å²) in [5, 5.41) is 0. The van der Waals surface area contributed by atoms with Crippen LogP contribution in [-0.4, -0.2) is 25.5 Å². The van der Waals surface area contributed by atoms with Crippen molar-refractivity contribution in [1.29, 1.82) is 0 Å². The lowest BCUT2D eigenvalue weighted by Gasteiger charge is -2.14. The SMILES string of the molecule is CN(C)CC1=CCC=C1C1=CC=CC1. The van der Waals surface area contributed by atoms with Gasteiger partial charge in [-0.05, 0) is 43.7 Å². The zero-order valence-corrected chi connectivity index (χ0v) is 8.96. The molecule has 14 heavy (non-hydrogen) atoms. The van der Waals surface area contributed by atoms with Crippen molar-refractivity contribution in [3.63, 3.8) is 0 Å². The lowest BCUT2D eigenvalue weighted by atomic mass is 10.00. The Morgan fingerprint density at radius 2 is 2.14 bits per heavy atom. The highest BCUT2D eigenvalue weighted by Crippen LogP contribution is 2.30. The van der Waals surface area contributed by atoms with E-state index in [1.54, 1.807) is 0 Å². The Labute approximate surface area is 86.1 Å². The minimum Gasteiger partial charge on any atom is -0.305 e. The molecule has 0 saturated heterocycles. The predicted molar refractivity (Wildman–Crippen MR) is 61.2 cm³/mol. The van der Waals surface area contributed by atoms with Gasteiger partial charge in [-0.3, -0.25) is 0 Å². The molecule has 1 nitrogen and oxygen atoms in total. The molecule has 0 aromatic rings. The van der Waals surface area contributed by atoms with Gasteiger partial charge < -0.3 is 4.90 Å². The maximum absolute atomic E-state index is 2.34. The first-order chi connectivity index (χ1) is 6.77. The average Bonchev–Trinajstić information content (AvgIpc) is 2.70. The Bertz CT molecular complexity index is 340. The molecule has 2 rings (SSSR count). The first-order valence-corrected chi connectivity index (χ1v) is 5.18. The maximum atomic E-state index is 2.34. The molecular formula is C13H17N. The number of rotatable bonds is 3. The Balaban J connectivity index is 2.09. The third-order valence-corrected chi connectivity index (χ3v) is 2.64. The van der Waals surface area contributed by atoms with Crippen LogP contribution in [0.15, 0.2) is 47.1 Å². The lowest BCUT2D eigenvalue weighted by Crippen LogP contribution is -2.15. The van der Waals surface area contributed by atoms with Crippen molar-refractivity contribution in [1.82, 2.24) is 4.90 Å². The fourth-order valence-electron chi connectivity index (χ4n) is 2.03. The van der Waals surface area contributed by atoms with Crippen molar-refractivity contribution in [2.24, 2.45) is 0 Å². The summed E-state index contributed by atoms with van der Waals surface area (Å²) in [6.45, 7) is 1.06. The van der Waals surface area contributed by atoms with Crippen LogP contribution in [0.1, 0.15) is 12.8 Å². The second-order valence-corrected chi connectivity index (χ2v) is 4.14. The second kappa shape index (κ2) is 3.97. The average molecular weight is 187 g/mol. The van der Waals surface area contributed by atoms with Gasteiger partial charge in [0.05, 0.1) is 0 Å².